The van der Waals surface area contributed by atoms with E-state index in [4.69, 9.17) is 4.98 Å². The molecule has 0 atom stereocenters. The molecule has 5 rings (SSSR count). The number of aromatic nitrogens is 7. The fourth-order valence-corrected chi connectivity index (χ4v) is 3.63. The fraction of sp³-hybridized carbons (Fsp3) is 0.304. The summed E-state index contributed by atoms with van der Waals surface area (Å²) < 4.78 is 3.90. The third-order valence-electron chi connectivity index (χ3n) is 5.15. The molecule has 0 radical (unpaired) electrons. The Bertz CT molecular complexity index is 1330. The van der Waals surface area contributed by atoms with Crippen LogP contribution in [-0.2, 0) is 13.1 Å². The van der Waals surface area contributed by atoms with Crippen LogP contribution in [0.25, 0.3) is 27.8 Å². The predicted octanol–water partition coefficient (Wildman–Crippen LogP) is 3.65. The number of nitrogens with zero attached hydrogens (tertiary/aromatic N) is 6. The molecule has 158 valence electrons. The number of H-pyrrole nitrogens is 1. The van der Waals surface area contributed by atoms with Crippen molar-refractivity contribution in [3.8, 4) is 11.3 Å². The molecule has 8 heteroatoms. The Hall–Kier alpha value is -3.52. The van der Waals surface area contributed by atoms with Crippen LogP contribution in [0.2, 0.25) is 0 Å². The molecule has 31 heavy (non-hydrogen) atoms. The van der Waals surface area contributed by atoms with E-state index in [1.807, 2.05) is 29.2 Å². The maximum atomic E-state index is 4.73. The molecular formula is C23H26N8. The second-order valence-corrected chi connectivity index (χ2v) is 9.17. The molecule has 0 aliphatic rings. The zero-order valence-electron chi connectivity index (χ0n) is 18.0. The largest absolute Gasteiger partial charge is 0.312 e. The van der Waals surface area contributed by atoms with Gasteiger partial charge in [0.1, 0.15) is 11.3 Å². The van der Waals surface area contributed by atoms with E-state index in [9.17, 15) is 0 Å². The van der Waals surface area contributed by atoms with Crippen LogP contribution in [-0.4, -0.2) is 41.1 Å². The summed E-state index contributed by atoms with van der Waals surface area (Å²) in [5.74, 6) is 0. The first kappa shape index (κ1) is 19.4. The maximum Gasteiger partial charge on any atom is 0.137 e. The molecule has 0 fully saturated rings. The molecule has 0 spiro atoms. The van der Waals surface area contributed by atoms with Gasteiger partial charge in [0.2, 0.25) is 0 Å². The Balaban J connectivity index is 1.30. The van der Waals surface area contributed by atoms with Gasteiger partial charge in [-0.25, -0.2) is 9.67 Å². The standard InChI is InChI=1S/C23H26N8/c1-23(2,3)15-24-9-16-4-7-22-26-19(12-30(22)11-16)13-31-14-21(28-29-31)17-5-6-20-18(8-17)10-25-27-20/h4-8,10-12,14,24H,9,13,15H2,1-3H3,(H,25,27). The number of rotatable bonds is 6. The number of pyridine rings is 1. The van der Waals surface area contributed by atoms with Gasteiger partial charge in [-0.3, -0.25) is 5.10 Å². The summed E-state index contributed by atoms with van der Waals surface area (Å²) in [7, 11) is 0. The minimum Gasteiger partial charge on any atom is -0.312 e. The summed E-state index contributed by atoms with van der Waals surface area (Å²) in [4.78, 5) is 4.73. The van der Waals surface area contributed by atoms with Gasteiger partial charge in [-0.05, 0) is 29.2 Å². The summed E-state index contributed by atoms with van der Waals surface area (Å²) in [6, 6.07) is 10.3. The summed E-state index contributed by atoms with van der Waals surface area (Å²) in [6.45, 7) is 9.08. The number of fused-ring (bicyclic) bond motifs is 2. The highest BCUT2D eigenvalue weighted by Crippen LogP contribution is 2.21. The van der Waals surface area contributed by atoms with Crippen molar-refractivity contribution in [1.29, 1.82) is 0 Å². The van der Waals surface area contributed by atoms with Crippen LogP contribution in [0.4, 0.5) is 0 Å². The molecule has 0 amide bonds. The maximum absolute atomic E-state index is 4.73. The van der Waals surface area contributed by atoms with E-state index in [1.165, 1.54) is 5.56 Å². The Labute approximate surface area is 180 Å². The second kappa shape index (κ2) is 7.63. The van der Waals surface area contributed by atoms with E-state index >= 15 is 0 Å². The smallest absolute Gasteiger partial charge is 0.137 e. The van der Waals surface area contributed by atoms with Gasteiger partial charge in [0.15, 0.2) is 0 Å². The van der Waals surface area contributed by atoms with Crippen molar-refractivity contribution in [1.82, 2.24) is 39.9 Å². The van der Waals surface area contributed by atoms with Crippen LogP contribution >= 0.6 is 0 Å². The molecule has 1 aromatic carbocycles. The lowest BCUT2D eigenvalue weighted by atomic mass is 9.97. The van der Waals surface area contributed by atoms with Crippen LogP contribution in [0.1, 0.15) is 32.0 Å². The Kier molecular flexibility index (Phi) is 4.78. The number of hydrogen-bond acceptors (Lipinski definition) is 5. The summed E-state index contributed by atoms with van der Waals surface area (Å²) in [5.41, 5.74) is 6.24. The van der Waals surface area contributed by atoms with Crippen molar-refractivity contribution >= 4 is 16.6 Å². The van der Waals surface area contributed by atoms with Crippen molar-refractivity contribution in [3.63, 3.8) is 0 Å². The predicted molar refractivity (Wildman–Crippen MR) is 121 cm³/mol. The molecule has 0 aliphatic heterocycles. The van der Waals surface area contributed by atoms with Crippen LogP contribution in [0.3, 0.4) is 0 Å². The summed E-state index contributed by atoms with van der Waals surface area (Å²) in [6.07, 6.45) is 7.95. The van der Waals surface area contributed by atoms with Gasteiger partial charge in [0.25, 0.3) is 0 Å². The van der Waals surface area contributed by atoms with Gasteiger partial charge in [0, 0.05) is 36.4 Å². The Morgan fingerprint density at radius 2 is 1.97 bits per heavy atom. The highest BCUT2D eigenvalue weighted by Gasteiger charge is 2.10. The molecule has 8 nitrogen and oxygen atoms in total. The lowest BCUT2D eigenvalue weighted by Gasteiger charge is -2.18. The van der Waals surface area contributed by atoms with Gasteiger partial charge >= 0.3 is 0 Å². The average Bonchev–Trinajstić information content (AvgIpc) is 3.45. The van der Waals surface area contributed by atoms with Gasteiger partial charge in [-0.2, -0.15) is 5.10 Å². The molecule has 0 unspecified atom stereocenters. The van der Waals surface area contributed by atoms with Gasteiger partial charge in [-0.1, -0.05) is 38.1 Å². The van der Waals surface area contributed by atoms with Gasteiger partial charge in [-0.15, -0.1) is 5.10 Å². The van der Waals surface area contributed by atoms with E-state index < -0.39 is 0 Å². The van der Waals surface area contributed by atoms with Crippen LogP contribution in [0.5, 0.6) is 0 Å². The highest BCUT2D eigenvalue weighted by atomic mass is 15.4. The zero-order chi connectivity index (χ0) is 21.4. The summed E-state index contributed by atoms with van der Waals surface area (Å²) >= 11 is 0. The van der Waals surface area contributed by atoms with Crippen molar-refractivity contribution in [3.05, 3.63) is 66.4 Å². The molecule has 5 aromatic rings. The number of benzene rings is 1. The van der Waals surface area contributed by atoms with E-state index in [-0.39, 0.29) is 5.41 Å². The third kappa shape index (κ3) is 4.34. The Morgan fingerprint density at radius 1 is 1.06 bits per heavy atom. The van der Waals surface area contributed by atoms with Crippen LogP contribution < -0.4 is 5.32 Å². The van der Waals surface area contributed by atoms with Crippen molar-refractivity contribution in [2.45, 2.75) is 33.9 Å². The number of hydrogen-bond donors (Lipinski definition) is 2. The third-order valence-corrected chi connectivity index (χ3v) is 5.15. The molecule has 0 saturated heterocycles. The Morgan fingerprint density at radius 3 is 2.84 bits per heavy atom. The van der Waals surface area contributed by atoms with Crippen molar-refractivity contribution in [2.75, 3.05) is 6.54 Å². The van der Waals surface area contributed by atoms with E-state index in [0.29, 0.717) is 6.54 Å². The van der Waals surface area contributed by atoms with E-state index in [2.05, 4.69) is 81.6 Å². The van der Waals surface area contributed by atoms with Crippen LogP contribution in [0, 0.1) is 5.41 Å². The highest BCUT2D eigenvalue weighted by molar-refractivity contribution is 5.83. The number of nitrogens with one attached hydrogen (secondary N) is 2. The first-order valence-electron chi connectivity index (χ1n) is 10.4. The lowest BCUT2D eigenvalue weighted by molar-refractivity contribution is 0.379. The van der Waals surface area contributed by atoms with E-state index in [1.54, 1.807) is 0 Å². The summed E-state index contributed by atoms with van der Waals surface area (Å²) in [5, 5.41) is 20.2. The molecule has 0 bridgehead atoms. The zero-order valence-corrected chi connectivity index (χ0v) is 18.0. The molecular weight excluding hydrogens is 388 g/mol. The molecule has 4 aromatic heterocycles. The SMILES string of the molecule is CC(C)(C)CNCc1ccc2nc(Cn3cc(-c4ccc5[nH]ncc5c4)nn3)cn2c1. The van der Waals surface area contributed by atoms with Gasteiger partial charge in [0.05, 0.1) is 30.1 Å². The van der Waals surface area contributed by atoms with Crippen molar-refractivity contribution < 1.29 is 0 Å². The van der Waals surface area contributed by atoms with E-state index in [0.717, 1.165) is 46.6 Å². The minimum absolute atomic E-state index is 0.271. The quantitative estimate of drug-likeness (QED) is 0.443. The first-order valence-corrected chi connectivity index (χ1v) is 10.4. The van der Waals surface area contributed by atoms with Crippen molar-refractivity contribution in [2.24, 2.45) is 5.41 Å². The fourth-order valence-electron chi connectivity index (χ4n) is 3.63. The lowest BCUT2D eigenvalue weighted by Crippen LogP contribution is -2.26. The minimum atomic E-state index is 0.271. The average molecular weight is 415 g/mol. The number of aromatic amines is 1. The van der Waals surface area contributed by atoms with Gasteiger partial charge < -0.3 is 9.72 Å². The molecule has 0 aliphatic carbocycles. The topological polar surface area (TPSA) is 88.7 Å². The molecule has 2 N–H and O–H groups in total. The molecule has 0 saturated carbocycles. The monoisotopic (exact) mass is 414 g/mol. The first-order chi connectivity index (χ1) is 14.9. The molecule has 4 heterocycles. The van der Waals surface area contributed by atoms with Crippen LogP contribution in [0.15, 0.2) is 55.1 Å². The normalized spacial score (nSPS) is 12.2. The second-order valence-electron chi connectivity index (χ2n) is 9.17. The number of imidazole rings is 1.